The predicted molar refractivity (Wildman–Crippen MR) is 245 cm³/mol. The summed E-state index contributed by atoms with van der Waals surface area (Å²) >= 11 is 1.84. The lowest BCUT2D eigenvalue weighted by atomic mass is 9.41. The van der Waals surface area contributed by atoms with Gasteiger partial charge in [0, 0.05) is 42.3 Å². The molecule has 13 rings (SSSR count). The number of nitriles is 1. The first-order valence-corrected chi connectivity index (χ1v) is 22.6. The average molecular weight is 795 g/mol. The normalized spacial score (nSPS) is 23.2. The fourth-order valence-corrected chi connectivity index (χ4v) is 14.0. The van der Waals surface area contributed by atoms with Gasteiger partial charge in [0.25, 0.3) is 0 Å². The van der Waals surface area contributed by atoms with Gasteiger partial charge in [-0.3, -0.25) is 0 Å². The van der Waals surface area contributed by atoms with Crippen molar-refractivity contribution in [2.45, 2.75) is 82.0 Å². The standard InChI is InChI=1S/C55H46N4S/c1-4-33-16-18-37(19-17-33)50-57-51(59-52(58-50)42-12-9-14-44-48(42)40-10-5-7-13-43(40)53(44,2)3)38-20-22-39(23-21-38)54-27-35-24-36(28-54)30-55(29-35,32-54)45-25-34(31-56)26-47-49(45)41-11-6-8-15-46(41)60-47/h5-23,25-26,35-36H,4,24,27-30,32H2,1-3H3. The number of hydrogen-bond acceptors (Lipinski definition) is 5. The summed E-state index contributed by atoms with van der Waals surface area (Å²) < 4.78 is 2.57. The van der Waals surface area contributed by atoms with Crippen LogP contribution in [0.1, 0.15) is 92.7 Å². The zero-order valence-corrected chi connectivity index (χ0v) is 35.2. The van der Waals surface area contributed by atoms with Crippen molar-refractivity contribution in [2.75, 3.05) is 0 Å². The van der Waals surface area contributed by atoms with Crippen LogP contribution >= 0.6 is 11.3 Å². The monoisotopic (exact) mass is 794 g/mol. The number of thiophene rings is 1. The van der Waals surface area contributed by atoms with Crippen LogP contribution in [-0.4, -0.2) is 15.0 Å². The third-order valence-corrected chi connectivity index (χ3v) is 16.2. The summed E-state index contributed by atoms with van der Waals surface area (Å²) in [6.45, 7) is 6.83. The van der Waals surface area contributed by atoms with E-state index in [2.05, 4.69) is 154 Å². The highest BCUT2D eigenvalue weighted by molar-refractivity contribution is 7.25. The predicted octanol–water partition coefficient (Wildman–Crippen LogP) is 13.8. The number of nitrogens with zero attached hydrogens (tertiary/aromatic N) is 4. The van der Waals surface area contributed by atoms with Crippen molar-refractivity contribution in [3.05, 3.63) is 161 Å². The number of aromatic nitrogens is 3. The van der Waals surface area contributed by atoms with E-state index < -0.39 is 0 Å². The van der Waals surface area contributed by atoms with E-state index in [1.165, 1.54) is 91.2 Å². The molecule has 2 atom stereocenters. The van der Waals surface area contributed by atoms with E-state index >= 15 is 0 Å². The van der Waals surface area contributed by atoms with Gasteiger partial charge >= 0.3 is 0 Å². The molecule has 0 radical (unpaired) electrons. The smallest absolute Gasteiger partial charge is 0.164 e. The highest BCUT2D eigenvalue weighted by Gasteiger charge is 2.59. The minimum atomic E-state index is -0.121. The first-order chi connectivity index (χ1) is 29.2. The summed E-state index contributed by atoms with van der Waals surface area (Å²) in [5, 5.41) is 13.0. The molecule has 292 valence electrons. The summed E-state index contributed by atoms with van der Waals surface area (Å²) in [5.74, 6) is 3.48. The van der Waals surface area contributed by atoms with Crippen LogP contribution < -0.4 is 0 Å². The van der Waals surface area contributed by atoms with Gasteiger partial charge in [-0.1, -0.05) is 130 Å². The third-order valence-electron chi connectivity index (χ3n) is 15.1. The molecule has 4 fully saturated rings. The molecule has 60 heavy (non-hydrogen) atoms. The maximum Gasteiger partial charge on any atom is 0.164 e. The van der Waals surface area contributed by atoms with Gasteiger partial charge in [0.05, 0.1) is 11.6 Å². The Balaban J connectivity index is 0.968. The molecule has 0 N–H and O–H groups in total. The first-order valence-electron chi connectivity index (χ1n) is 21.8. The van der Waals surface area contributed by atoms with Gasteiger partial charge in [-0.2, -0.15) is 5.26 Å². The fraction of sp³-hybridized carbons (Fsp3) is 0.273. The molecule has 4 bridgehead atoms. The number of fused-ring (bicyclic) bond motifs is 6. The van der Waals surface area contributed by atoms with Crippen LogP contribution in [0.2, 0.25) is 0 Å². The van der Waals surface area contributed by atoms with Crippen LogP contribution in [0.3, 0.4) is 0 Å². The number of aryl methyl sites for hydroxylation is 1. The van der Waals surface area contributed by atoms with E-state index in [1.54, 1.807) is 0 Å². The topological polar surface area (TPSA) is 62.5 Å². The zero-order valence-electron chi connectivity index (χ0n) is 34.4. The lowest BCUT2D eigenvalue weighted by Crippen LogP contribution is -2.56. The van der Waals surface area contributed by atoms with Crippen LogP contribution in [0.15, 0.2) is 127 Å². The quantitative estimate of drug-likeness (QED) is 0.168. The van der Waals surface area contributed by atoms with Crippen molar-refractivity contribution in [1.82, 2.24) is 15.0 Å². The van der Waals surface area contributed by atoms with Crippen LogP contribution in [-0.2, 0) is 22.7 Å². The molecule has 2 aromatic heterocycles. The summed E-state index contributed by atoms with van der Waals surface area (Å²) in [6, 6.07) is 49.2. The Bertz CT molecular complexity index is 3080. The Morgan fingerprint density at radius 1 is 0.633 bits per heavy atom. The molecule has 2 unspecified atom stereocenters. The molecule has 0 amide bonds. The van der Waals surface area contributed by atoms with Gasteiger partial charge in [-0.15, -0.1) is 11.3 Å². The van der Waals surface area contributed by atoms with E-state index in [4.69, 9.17) is 15.0 Å². The maximum absolute atomic E-state index is 10.3. The lowest BCUT2D eigenvalue weighted by molar-refractivity contribution is -0.0274. The second kappa shape index (κ2) is 13.0. The summed E-state index contributed by atoms with van der Waals surface area (Å²) in [4.78, 5) is 15.8. The number of benzene rings is 6. The Morgan fingerprint density at radius 3 is 2.00 bits per heavy atom. The molecule has 5 heteroatoms. The molecule has 5 aliphatic rings. The second-order valence-electron chi connectivity index (χ2n) is 19.0. The summed E-state index contributed by atoms with van der Waals surface area (Å²) in [6.07, 6.45) is 8.35. The Hall–Kier alpha value is -5.96. The van der Waals surface area contributed by atoms with Gasteiger partial charge in [0.2, 0.25) is 0 Å². The Kier molecular flexibility index (Phi) is 7.80. The van der Waals surface area contributed by atoms with Gasteiger partial charge in [-0.05, 0) is 125 Å². The van der Waals surface area contributed by atoms with Crippen LogP contribution in [0.4, 0.5) is 0 Å². The lowest BCUT2D eigenvalue weighted by Gasteiger charge is -2.63. The second-order valence-corrected chi connectivity index (χ2v) is 20.0. The van der Waals surface area contributed by atoms with Crippen molar-refractivity contribution in [3.8, 4) is 51.4 Å². The highest BCUT2D eigenvalue weighted by atomic mass is 32.1. The van der Waals surface area contributed by atoms with Crippen molar-refractivity contribution >= 4 is 31.5 Å². The van der Waals surface area contributed by atoms with Gasteiger partial charge < -0.3 is 0 Å². The molecular formula is C55H46N4S. The number of rotatable bonds is 6. The molecule has 4 nitrogen and oxygen atoms in total. The minimum Gasteiger partial charge on any atom is -0.208 e. The molecule has 0 saturated heterocycles. The maximum atomic E-state index is 10.3. The molecule has 8 aromatic rings. The molecule has 4 saturated carbocycles. The molecule has 2 heterocycles. The SMILES string of the molecule is CCc1ccc(-c2nc(-c3ccc(C45CC6CC(C4)CC(c4cc(C#N)cc7sc8ccccc8c47)(C6)C5)cc3)nc(-c3cccc4c3-c3ccccc3C4(C)C)n2)cc1. The fourth-order valence-electron chi connectivity index (χ4n) is 12.8. The summed E-state index contributed by atoms with van der Waals surface area (Å²) in [5.41, 5.74) is 13.2. The molecule has 5 aliphatic carbocycles. The van der Waals surface area contributed by atoms with Crippen molar-refractivity contribution < 1.29 is 0 Å². The van der Waals surface area contributed by atoms with Crippen LogP contribution in [0.25, 0.3) is 65.5 Å². The number of hydrogen-bond donors (Lipinski definition) is 0. The van der Waals surface area contributed by atoms with E-state index in [9.17, 15) is 5.26 Å². The van der Waals surface area contributed by atoms with Crippen molar-refractivity contribution in [2.24, 2.45) is 11.8 Å². The molecule has 0 aliphatic heterocycles. The van der Waals surface area contributed by atoms with Crippen LogP contribution in [0.5, 0.6) is 0 Å². The van der Waals surface area contributed by atoms with Crippen molar-refractivity contribution in [3.63, 3.8) is 0 Å². The minimum absolute atomic E-state index is 0.0617. The molecule has 6 aromatic carbocycles. The van der Waals surface area contributed by atoms with E-state index in [-0.39, 0.29) is 16.2 Å². The van der Waals surface area contributed by atoms with Gasteiger partial charge in [0.1, 0.15) is 0 Å². The Morgan fingerprint density at radius 2 is 1.27 bits per heavy atom. The molecule has 0 spiro atoms. The highest BCUT2D eigenvalue weighted by Crippen LogP contribution is 2.67. The summed E-state index contributed by atoms with van der Waals surface area (Å²) in [7, 11) is 0. The third kappa shape index (κ3) is 5.29. The molecular weight excluding hydrogens is 749 g/mol. The van der Waals surface area contributed by atoms with Gasteiger partial charge in [0.15, 0.2) is 17.5 Å². The van der Waals surface area contributed by atoms with Gasteiger partial charge in [-0.25, -0.2) is 15.0 Å². The van der Waals surface area contributed by atoms with Crippen molar-refractivity contribution in [1.29, 1.82) is 5.26 Å². The van der Waals surface area contributed by atoms with E-state index in [1.807, 2.05) is 11.3 Å². The van der Waals surface area contributed by atoms with E-state index in [0.717, 1.165) is 35.1 Å². The zero-order chi connectivity index (χ0) is 40.4. The average Bonchev–Trinajstić information content (AvgIpc) is 3.77. The largest absolute Gasteiger partial charge is 0.208 e. The van der Waals surface area contributed by atoms with Crippen LogP contribution in [0, 0.1) is 23.2 Å². The first kappa shape index (κ1) is 35.9. The Labute approximate surface area is 356 Å². The van der Waals surface area contributed by atoms with E-state index in [0.29, 0.717) is 29.3 Å².